The van der Waals surface area contributed by atoms with E-state index in [1.54, 1.807) is 13.0 Å². The molecule has 0 aliphatic carbocycles. The molecule has 1 amide bonds. The van der Waals surface area contributed by atoms with E-state index in [0.717, 1.165) is 37.2 Å². The van der Waals surface area contributed by atoms with Crippen molar-refractivity contribution in [3.05, 3.63) is 70.4 Å². The first kappa shape index (κ1) is 22.8. The average Bonchev–Trinajstić information content (AvgIpc) is 3.35. The predicted octanol–water partition coefficient (Wildman–Crippen LogP) is 3.07. The summed E-state index contributed by atoms with van der Waals surface area (Å²) in [6.07, 6.45) is 1.80. The quantitative estimate of drug-likeness (QED) is 0.450. The number of carbonyl (C=O) groups excluding carboxylic acids is 1. The number of rotatable bonds is 5. The molecule has 7 nitrogen and oxygen atoms in total. The lowest BCUT2D eigenvalue weighted by Gasteiger charge is -2.36. The number of nitrogens with zero attached hydrogens (tertiary/aromatic N) is 3. The lowest BCUT2D eigenvalue weighted by Crippen LogP contribution is -2.47. The number of ether oxygens (including phenoxy) is 1. The minimum atomic E-state index is -0.0196. The van der Waals surface area contributed by atoms with Crippen LogP contribution in [-0.2, 0) is 4.74 Å². The smallest absolute Gasteiger partial charge is 0.336 e. The van der Waals surface area contributed by atoms with E-state index in [9.17, 15) is 4.79 Å². The molecule has 1 saturated heterocycles. The minimum absolute atomic E-state index is 0.0120. The van der Waals surface area contributed by atoms with Gasteiger partial charge in [-0.1, -0.05) is 24.3 Å². The summed E-state index contributed by atoms with van der Waals surface area (Å²) in [5.74, 6) is 0.825. The highest BCUT2D eigenvalue weighted by atomic mass is 32.1. The molecular weight excluding hydrogens is 434 g/mol. The fourth-order valence-electron chi connectivity index (χ4n) is 3.99. The number of piperidine rings is 1. The molecule has 3 N–H and O–H groups in total. The van der Waals surface area contributed by atoms with Crippen molar-refractivity contribution in [3.63, 3.8) is 0 Å². The lowest BCUT2D eigenvalue weighted by molar-refractivity contribution is -0.133. The Morgan fingerprint density at radius 3 is 2.64 bits per heavy atom. The first-order valence-electron chi connectivity index (χ1n) is 10.9. The van der Waals surface area contributed by atoms with Crippen LogP contribution >= 0.6 is 11.3 Å². The van der Waals surface area contributed by atoms with Crippen molar-refractivity contribution >= 4 is 34.9 Å². The lowest BCUT2D eigenvalue weighted by atomic mass is 10.0. The number of likely N-dealkylation sites (tertiary alicyclic amines) is 1. The first-order chi connectivity index (χ1) is 15.9. The van der Waals surface area contributed by atoms with E-state index in [1.165, 1.54) is 11.3 Å². The van der Waals surface area contributed by atoms with Crippen molar-refractivity contribution in [2.75, 3.05) is 25.0 Å². The number of anilines is 1. The van der Waals surface area contributed by atoms with Gasteiger partial charge < -0.3 is 9.64 Å². The van der Waals surface area contributed by atoms with Crippen LogP contribution in [0.2, 0.25) is 0 Å². The Balaban J connectivity index is 1.68. The fraction of sp³-hybridized carbons (Fsp3) is 0.280. The van der Waals surface area contributed by atoms with Crippen LogP contribution in [-0.4, -0.2) is 53.8 Å². The number of pyridine rings is 1. The molecule has 0 atom stereocenters. The summed E-state index contributed by atoms with van der Waals surface area (Å²) < 4.78 is 5.25. The maximum atomic E-state index is 13.5. The molecule has 1 fully saturated rings. The zero-order chi connectivity index (χ0) is 23.4. The van der Waals surface area contributed by atoms with E-state index in [1.807, 2.05) is 58.8 Å². The van der Waals surface area contributed by atoms with E-state index in [4.69, 9.17) is 20.5 Å². The average molecular weight is 463 g/mol. The molecule has 8 heteroatoms. The van der Waals surface area contributed by atoms with Gasteiger partial charge in [-0.2, -0.15) is 0 Å². The molecule has 0 saturated carbocycles. The number of carbonyl (C=O) groups is 1. The van der Waals surface area contributed by atoms with Crippen molar-refractivity contribution in [2.24, 2.45) is 0 Å². The third-order valence-electron chi connectivity index (χ3n) is 5.67. The third-order valence-corrected chi connectivity index (χ3v) is 6.53. The van der Waals surface area contributed by atoms with E-state index in [-0.39, 0.29) is 23.7 Å². The van der Waals surface area contributed by atoms with Crippen molar-refractivity contribution < 1.29 is 14.9 Å². The second-order valence-corrected chi connectivity index (χ2v) is 9.14. The van der Waals surface area contributed by atoms with Crippen LogP contribution in [0.25, 0.3) is 11.3 Å². The van der Waals surface area contributed by atoms with Crippen molar-refractivity contribution in [1.82, 2.24) is 9.88 Å². The molecule has 3 heterocycles. The largest absolute Gasteiger partial charge is 0.390 e. The topological polar surface area (TPSA) is 95.1 Å². The minimum Gasteiger partial charge on any atom is -0.390 e. The van der Waals surface area contributed by atoms with E-state index < -0.39 is 0 Å². The molecule has 33 heavy (non-hydrogen) atoms. The number of nitrogens with one attached hydrogen (secondary N) is 1. The van der Waals surface area contributed by atoms with Gasteiger partial charge in [0.05, 0.1) is 17.5 Å². The molecule has 0 spiro atoms. The standard InChI is InChI=1S/C25H27N5O2S/c1-17(26)32-24(27)19-7-3-6-18(16-19)21-8-4-10-23(28-21)30(20-11-13-29(2)14-12-20)25(31)22-9-5-15-33-22/h3-10,15-16,20,26-27H,11-14H2,1-2H3/p+1. The summed E-state index contributed by atoms with van der Waals surface area (Å²) >= 11 is 1.45. The maximum absolute atomic E-state index is 13.5. The maximum Gasteiger partial charge on any atom is 0.336 e. The van der Waals surface area contributed by atoms with Crippen LogP contribution < -0.4 is 10.3 Å². The number of hydrogen-bond acceptors (Lipinski definition) is 6. The molecule has 3 aromatic rings. The van der Waals surface area contributed by atoms with Gasteiger partial charge in [0.15, 0.2) is 0 Å². The molecule has 170 valence electrons. The second kappa shape index (κ2) is 10.1. The van der Waals surface area contributed by atoms with Gasteiger partial charge in [0.25, 0.3) is 5.91 Å². The van der Waals surface area contributed by atoms with Gasteiger partial charge in [-0.25, -0.2) is 10.4 Å². The van der Waals surface area contributed by atoms with E-state index >= 15 is 0 Å². The highest BCUT2D eigenvalue weighted by Gasteiger charge is 2.30. The summed E-state index contributed by atoms with van der Waals surface area (Å²) in [7, 11) is 2.11. The van der Waals surface area contributed by atoms with Gasteiger partial charge in [0.1, 0.15) is 5.82 Å². The van der Waals surface area contributed by atoms with Crippen LogP contribution in [0.1, 0.15) is 35.0 Å². The van der Waals surface area contributed by atoms with Gasteiger partial charge in [0, 0.05) is 17.2 Å². The number of benzene rings is 1. The molecule has 0 unspecified atom stereocenters. The molecule has 1 aliphatic heterocycles. The third kappa shape index (κ3) is 5.35. The number of aromatic nitrogens is 1. The molecule has 1 aliphatic rings. The Bertz CT molecular complexity index is 1150. The van der Waals surface area contributed by atoms with Gasteiger partial charge in [-0.05, 0) is 68.7 Å². The summed E-state index contributed by atoms with van der Waals surface area (Å²) in [4.78, 5) is 23.3. The normalized spacial score (nSPS) is 14.6. The van der Waals surface area contributed by atoms with Crippen LogP contribution in [0, 0.1) is 5.41 Å². The van der Waals surface area contributed by atoms with E-state index in [2.05, 4.69) is 11.9 Å². The van der Waals surface area contributed by atoms with Gasteiger partial charge >= 0.3 is 5.90 Å². The summed E-state index contributed by atoms with van der Waals surface area (Å²) in [5, 5.41) is 15.6. The van der Waals surface area contributed by atoms with Crippen LogP contribution in [0.15, 0.2) is 60.0 Å². The molecule has 0 bridgehead atoms. The van der Waals surface area contributed by atoms with Gasteiger partial charge in [-0.3, -0.25) is 15.1 Å². The zero-order valence-electron chi connectivity index (χ0n) is 18.8. The van der Waals surface area contributed by atoms with Crippen molar-refractivity contribution in [1.29, 1.82) is 5.41 Å². The summed E-state index contributed by atoms with van der Waals surface area (Å²) in [5.41, 5.74) is 2.17. The summed E-state index contributed by atoms with van der Waals surface area (Å²) in [6.45, 7) is 3.49. The second-order valence-electron chi connectivity index (χ2n) is 8.19. The molecule has 1 aromatic carbocycles. The number of nitrogens with two attached hydrogens (primary N) is 1. The van der Waals surface area contributed by atoms with Gasteiger partial charge in [0.2, 0.25) is 5.90 Å². The monoisotopic (exact) mass is 462 g/mol. The Labute approximate surface area is 197 Å². The number of thiophene rings is 1. The highest BCUT2D eigenvalue weighted by Crippen LogP contribution is 2.28. The van der Waals surface area contributed by atoms with Crippen molar-refractivity contribution in [2.45, 2.75) is 25.8 Å². The molecule has 0 radical (unpaired) electrons. The summed E-state index contributed by atoms with van der Waals surface area (Å²) in [6, 6.07) is 17.0. The SMILES string of the molecule is CC(=[NH2+])OC(=N)c1cccc(-c2cccc(N(C(=O)c3cccs3)C3CCN(C)CC3)n2)c1. The Morgan fingerprint density at radius 2 is 1.94 bits per heavy atom. The van der Waals surface area contributed by atoms with Crippen molar-refractivity contribution in [3.8, 4) is 11.3 Å². The Hall–Kier alpha value is -3.36. The number of amides is 1. The molecule has 4 rings (SSSR count). The van der Waals surface area contributed by atoms with Crippen LogP contribution in [0.3, 0.4) is 0 Å². The molecular formula is C25H28N5O2S+. The molecule has 2 aromatic heterocycles. The van der Waals surface area contributed by atoms with Crippen LogP contribution in [0.4, 0.5) is 5.82 Å². The zero-order valence-corrected chi connectivity index (χ0v) is 19.6. The predicted molar refractivity (Wildman–Crippen MR) is 132 cm³/mol. The fourth-order valence-corrected chi connectivity index (χ4v) is 4.65. The number of hydrogen-bond donors (Lipinski definition) is 2. The first-order valence-corrected chi connectivity index (χ1v) is 11.8. The Kier molecular flexibility index (Phi) is 6.96. The van der Waals surface area contributed by atoms with Crippen LogP contribution in [0.5, 0.6) is 0 Å². The highest BCUT2D eigenvalue weighted by molar-refractivity contribution is 7.12. The Morgan fingerprint density at radius 1 is 1.18 bits per heavy atom. The van der Waals surface area contributed by atoms with E-state index in [0.29, 0.717) is 16.3 Å². The van der Waals surface area contributed by atoms with Gasteiger partial charge in [-0.15, -0.1) is 11.3 Å².